The van der Waals surface area contributed by atoms with Gasteiger partial charge in [-0.3, -0.25) is 0 Å². The van der Waals surface area contributed by atoms with Crippen molar-refractivity contribution >= 4 is 15.9 Å². The highest BCUT2D eigenvalue weighted by molar-refractivity contribution is 9.11. The van der Waals surface area contributed by atoms with Crippen molar-refractivity contribution in [1.82, 2.24) is 5.32 Å². The van der Waals surface area contributed by atoms with E-state index in [-0.39, 0.29) is 0 Å². The average Bonchev–Trinajstić information content (AvgIpc) is 1.69. The van der Waals surface area contributed by atoms with E-state index in [4.69, 9.17) is 0 Å². The molecule has 0 unspecified atom stereocenters. The number of rotatable bonds is 0. The Morgan fingerprint density at radius 3 is 2.57 bits per heavy atom. The van der Waals surface area contributed by atoms with Crippen LogP contribution in [0.2, 0.25) is 0 Å². The summed E-state index contributed by atoms with van der Waals surface area (Å²) in [6.45, 7) is 0. The van der Waals surface area contributed by atoms with E-state index in [1.807, 2.05) is 24.4 Å². The Morgan fingerprint density at radius 2 is 2.29 bits per heavy atom. The van der Waals surface area contributed by atoms with Crippen LogP contribution >= 0.6 is 15.9 Å². The Kier molecular flexibility index (Phi) is 1.52. The largest absolute Gasteiger partial charge is 0.370 e. The maximum Gasteiger partial charge on any atom is 0.149 e. The van der Waals surface area contributed by atoms with Gasteiger partial charge in [0, 0.05) is 0 Å². The first-order valence-corrected chi connectivity index (χ1v) is 2.81. The monoisotopic (exact) mass is 158 g/mol. The van der Waals surface area contributed by atoms with E-state index < -0.39 is 0 Å². The molecule has 1 N–H and O–H groups in total. The molecule has 0 atom stereocenters. The van der Waals surface area contributed by atoms with Gasteiger partial charge in [-0.05, 0) is 18.4 Å². The summed E-state index contributed by atoms with van der Waals surface area (Å²) in [5.41, 5.74) is 0. The molecule has 0 aromatic carbocycles. The second-order valence-electron chi connectivity index (χ2n) is 1.21. The lowest BCUT2D eigenvalue weighted by Crippen LogP contribution is -2.06. The highest BCUT2D eigenvalue weighted by Gasteiger charge is 1.94. The van der Waals surface area contributed by atoms with Crippen LogP contribution in [0.1, 0.15) is 0 Å². The van der Waals surface area contributed by atoms with Gasteiger partial charge in [0.2, 0.25) is 0 Å². The number of hydrogen-bond acceptors (Lipinski definition) is 1. The quantitative estimate of drug-likeness (QED) is 0.528. The van der Waals surface area contributed by atoms with E-state index in [0.717, 1.165) is 4.95 Å². The zero-order valence-corrected chi connectivity index (χ0v) is 5.27. The standard InChI is InChI=1S/C5H5BrN/c6-5-3-1-2-4-7-5/h1-4,7H. The molecule has 0 aromatic rings. The van der Waals surface area contributed by atoms with Crippen LogP contribution < -0.4 is 5.32 Å². The average molecular weight is 159 g/mol. The highest BCUT2D eigenvalue weighted by atomic mass is 79.9. The lowest BCUT2D eigenvalue weighted by molar-refractivity contribution is 1.07. The first kappa shape index (κ1) is 4.91. The van der Waals surface area contributed by atoms with E-state index in [1.54, 1.807) is 0 Å². The van der Waals surface area contributed by atoms with E-state index in [1.165, 1.54) is 0 Å². The second-order valence-corrected chi connectivity index (χ2v) is 2.06. The van der Waals surface area contributed by atoms with Crippen LogP contribution in [-0.4, -0.2) is 0 Å². The van der Waals surface area contributed by atoms with Gasteiger partial charge in [-0.2, -0.15) is 0 Å². The first-order valence-electron chi connectivity index (χ1n) is 2.02. The predicted octanol–water partition coefficient (Wildman–Crippen LogP) is 1.54. The van der Waals surface area contributed by atoms with Crippen molar-refractivity contribution in [3.8, 4) is 0 Å². The molecule has 7 heavy (non-hydrogen) atoms. The Balaban J connectivity index is 2.49. The molecule has 0 aliphatic carbocycles. The van der Waals surface area contributed by atoms with E-state index in [2.05, 4.69) is 21.2 Å². The van der Waals surface area contributed by atoms with Crippen molar-refractivity contribution in [3.05, 3.63) is 29.4 Å². The summed E-state index contributed by atoms with van der Waals surface area (Å²) in [6, 6.07) is 0. The number of nitrogens with one attached hydrogen (secondary N) is 1. The van der Waals surface area contributed by atoms with Crippen molar-refractivity contribution in [2.75, 3.05) is 0 Å². The third kappa shape index (κ3) is 1.35. The SMILES string of the molecule is Br[C]1C=CC=CN1. The summed E-state index contributed by atoms with van der Waals surface area (Å²) in [4.78, 5) is 1.01. The molecule has 0 spiro atoms. The van der Waals surface area contributed by atoms with Gasteiger partial charge in [0.15, 0.2) is 0 Å². The molecule has 1 rings (SSSR count). The van der Waals surface area contributed by atoms with E-state index >= 15 is 0 Å². The number of halogens is 1. The maximum absolute atomic E-state index is 3.26. The van der Waals surface area contributed by atoms with Crippen LogP contribution in [0, 0.1) is 4.95 Å². The lowest BCUT2D eigenvalue weighted by atomic mass is 10.4. The fourth-order valence-electron chi connectivity index (χ4n) is 0.371. The van der Waals surface area contributed by atoms with E-state index in [0.29, 0.717) is 0 Å². The molecule has 2 heteroatoms. The van der Waals surface area contributed by atoms with Crippen molar-refractivity contribution in [3.63, 3.8) is 0 Å². The molecule has 1 heterocycles. The summed E-state index contributed by atoms with van der Waals surface area (Å²) in [7, 11) is 0. The van der Waals surface area contributed by atoms with Gasteiger partial charge in [0.05, 0.1) is 0 Å². The Labute approximate surface area is 51.2 Å². The van der Waals surface area contributed by atoms with Gasteiger partial charge in [-0.15, -0.1) is 0 Å². The van der Waals surface area contributed by atoms with Gasteiger partial charge in [-0.1, -0.05) is 22.0 Å². The van der Waals surface area contributed by atoms with Gasteiger partial charge in [-0.25, -0.2) is 0 Å². The first-order chi connectivity index (χ1) is 3.39. The summed E-state index contributed by atoms with van der Waals surface area (Å²) in [5.74, 6) is 0. The summed E-state index contributed by atoms with van der Waals surface area (Å²) >= 11 is 3.26. The minimum atomic E-state index is 1.01. The molecule has 0 saturated carbocycles. The van der Waals surface area contributed by atoms with Crippen LogP contribution in [0.5, 0.6) is 0 Å². The smallest absolute Gasteiger partial charge is 0.149 e. The fraction of sp³-hybridized carbons (Fsp3) is 0. The van der Waals surface area contributed by atoms with Gasteiger partial charge < -0.3 is 5.32 Å². The summed E-state index contributed by atoms with van der Waals surface area (Å²) in [5, 5.41) is 2.95. The van der Waals surface area contributed by atoms with Crippen LogP contribution in [0.25, 0.3) is 0 Å². The van der Waals surface area contributed by atoms with Crippen molar-refractivity contribution < 1.29 is 0 Å². The molecule has 1 nitrogen and oxygen atoms in total. The molecule has 1 radical (unpaired) electrons. The molecular formula is C5H5BrN. The highest BCUT2D eigenvalue weighted by Crippen LogP contribution is 2.08. The Bertz CT molecular complexity index is 107. The zero-order valence-electron chi connectivity index (χ0n) is 3.69. The maximum atomic E-state index is 3.26. The summed E-state index contributed by atoms with van der Waals surface area (Å²) in [6.07, 6.45) is 7.70. The third-order valence-corrected chi connectivity index (χ3v) is 1.16. The predicted molar refractivity (Wildman–Crippen MR) is 33.6 cm³/mol. The molecule has 0 amide bonds. The van der Waals surface area contributed by atoms with Crippen LogP contribution in [0.15, 0.2) is 24.4 Å². The molecular weight excluding hydrogens is 154 g/mol. The molecule has 0 saturated heterocycles. The van der Waals surface area contributed by atoms with Gasteiger partial charge >= 0.3 is 0 Å². The minimum absolute atomic E-state index is 1.01. The normalized spacial score (nSPS) is 19.6. The Morgan fingerprint density at radius 1 is 1.43 bits per heavy atom. The zero-order chi connectivity index (χ0) is 5.11. The molecule has 1 aliphatic rings. The lowest BCUT2D eigenvalue weighted by Gasteiger charge is -2.03. The van der Waals surface area contributed by atoms with Crippen molar-refractivity contribution in [2.45, 2.75) is 0 Å². The van der Waals surface area contributed by atoms with Crippen molar-refractivity contribution in [2.24, 2.45) is 0 Å². The molecule has 0 fully saturated rings. The third-order valence-electron chi connectivity index (χ3n) is 0.671. The Hall–Kier alpha value is -0.240. The molecule has 37 valence electrons. The molecule has 1 aliphatic heterocycles. The molecule has 0 aromatic heterocycles. The van der Waals surface area contributed by atoms with Crippen LogP contribution in [0.4, 0.5) is 0 Å². The number of dihydropyridines is 1. The van der Waals surface area contributed by atoms with Crippen LogP contribution in [0.3, 0.4) is 0 Å². The topological polar surface area (TPSA) is 12.0 Å². The molecule has 0 bridgehead atoms. The van der Waals surface area contributed by atoms with Crippen LogP contribution in [-0.2, 0) is 0 Å². The summed E-state index contributed by atoms with van der Waals surface area (Å²) < 4.78 is 0. The van der Waals surface area contributed by atoms with Crippen molar-refractivity contribution in [1.29, 1.82) is 0 Å². The number of allylic oxidation sites excluding steroid dienone is 2. The number of hydrogen-bond donors (Lipinski definition) is 1. The fourth-order valence-corrected chi connectivity index (χ4v) is 0.656. The van der Waals surface area contributed by atoms with Gasteiger partial charge in [0.1, 0.15) is 4.95 Å². The van der Waals surface area contributed by atoms with E-state index in [9.17, 15) is 0 Å². The van der Waals surface area contributed by atoms with Gasteiger partial charge in [0.25, 0.3) is 0 Å². The minimum Gasteiger partial charge on any atom is -0.370 e. The second kappa shape index (κ2) is 2.17.